The summed E-state index contributed by atoms with van der Waals surface area (Å²) in [6.45, 7) is 1.92. The molecule has 0 fully saturated rings. The van der Waals surface area contributed by atoms with E-state index in [4.69, 9.17) is 0 Å². The summed E-state index contributed by atoms with van der Waals surface area (Å²) in [5.74, 6) is -0.416. The summed E-state index contributed by atoms with van der Waals surface area (Å²) in [5, 5.41) is 12.6. The van der Waals surface area contributed by atoms with E-state index in [1.54, 1.807) is 12.1 Å². The maximum Gasteiger partial charge on any atom is 0.416 e. The zero-order chi connectivity index (χ0) is 17.0. The van der Waals surface area contributed by atoms with Crippen LogP contribution in [0, 0.1) is 6.92 Å². The van der Waals surface area contributed by atoms with Crippen LogP contribution < -0.4 is 5.32 Å². The standard InChI is InChI=1S/C17H16F3NO2/c1-11-2-8-14(9-3-11)21-16(23)10-15(22)12-4-6-13(7-5-12)17(18,19)20/h2-9,15,22H,10H2,1H3,(H,21,23). The quantitative estimate of drug-likeness (QED) is 0.891. The minimum atomic E-state index is -4.42. The van der Waals surface area contributed by atoms with Crippen LogP contribution in [0.3, 0.4) is 0 Å². The number of nitrogens with one attached hydrogen (secondary N) is 1. The first-order valence-corrected chi connectivity index (χ1v) is 6.97. The monoisotopic (exact) mass is 323 g/mol. The lowest BCUT2D eigenvalue weighted by Gasteiger charge is -2.13. The van der Waals surface area contributed by atoms with Crippen molar-refractivity contribution in [3.05, 3.63) is 65.2 Å². The van der Waals surface area contributed by atoms with Gasteiger partial charge in [0.1, 0.15) is 0 Å². The van der Waals surface area contributed by atoms with Gasteiger partial charge < -0.3 is 10.4 Å². The molecule has 1 unspecified atom stereocenters. The number of hydrogen-bond donors (Lipinski definition) is 2. The molecule has 2 rings (SSSR count). The summed E-state index contributed by atoms with van der Waals surface area (Å²) in [6.07, 6.45) is -5.83. The van der Waals surface area contributed by atoms with Gasteiger partial charge in [-0.05, 0) is 36.8 Å². The lowest BCUT2D eigenvalue weighted by Crippen LogP contribution is -2.15. The lowest BCUT2D eigenvalue weighted by molar-refractivity contribution is -0.137. The minimum Gasteiger partial charge on any atom is -0.388 e. The van der Waals surface area contributed by atoms with Crippen molar-refractivity contribution in [1.29, 1.82) is 0 Å². The molecule has 6 heteroatoms. The van der Waals surface area contributed by atoms with Crippen LogP contribution in [-0.2, 0) is 11.0 Å². The first-order valence-electron chi connectivity index (χ1n) is 6.97. The highest BCUT2D eigenvalue weighted by atomic mass is 19.4. The molecule has 0 bridgehead atoms. The van der Waals surface area contributed by atoms with E-state index >= 15 is 0 Å². The van der Waals surface area contributed by atoms with Crippen molar-refractivity contribution < 1.29 is 23.1 Å². The second kappa shape index (κ2) is 6.83. The fraction of sp³-hybridized carbons (Fsp3) is 0.235. The number of carbonyl (C=O) groups excluding carboxylic acids is 1. The van der Waals surface area contributed by atoms with Gasteiger partial charge in [0.05, 0.1) is 18.1 Å². The summed E-state index contributed by atoms with van der Waals surface area (Å²) in [6, 6.07) is 11.3. The summed E-state index contributed by atoms with van der Waals surface area (Å²) in [7, 11) is 0. The molecule has 0 aliphatic carbocycles. The highest BCUT2D eigenvalue weighted by Crippen LogP contribution is 2.30. The van der Waals surface area contributed by atoms with E-state index in [9.17, 15) is 23.1 Å². The average Bonchev–Trinajstić information content (AvgIpc) is 2.49. The number of carbonyl (C=O) groups is 1. The average molecular weight is 323 g/mol. The third-order valence-electron chi connectivity index (χ3n) is 3.34. The Labute approximate surface area is 131 Å². The molecule has 1 amide bonds. The highest BCUT2D eigenvalue weighted by molar-refractivity contribution is 5.91. The van der Waals surface area contributed by atoms with Crippen molar-refractivity contribution in [1.82, 2.24) is 0 Å². The largest absolute Gasteiger partial charge is 0.416 e. The molecule has 0 aliphatic heterocycles. The number of anilines is 1. The zero-order valence-electron chi connectivity index (χ0n) is 12.4. The number of alkyl halides is 3. The molecule has 0 aliphatic rings. The van der Waals surface area contributed by atoms with Crippen LogP contribution in [0.15, 0.2) is 48.5 Å². The van der Waals surface area contributed by atoms with Crippen LogP contribution in [-0.4, -0.2) is 11.0 Å². The zero-order valence-corrected chi connectivity index (χ0v) is 12.4. The van der Waals surface area contributed by atoms with Crippen LogP contribution in [0.4, 0.5) is 18.9 Å². The van der Waals surface area contributed by atoms with Crippen molar-refractivity contribution in [2.75, 3.05) is 5.32 Å². The van der Waals surface area contributed by atoms with Gasteiger partial charge in [-0.15, -0.1) is 0 Å². The molecular weight excluding hydrogens is 307 g/mol. The Morgan fingerprint density at radius 2 is 1.65 bits per heavy atom. The van der Waals surface area contributed by atoms with E-state index in [1.807, 2.05) is 19.1 Å². The van der Waals surface area contributed by atoms with Gasteiger partial charge in [-0.3, -0.25) is 4.79 Å². The number of aryl methyl sites for hydroxylation is 1. The van der Waals surface area contributed by atoms with Gasteiger partial charge in [0.25, 0.3) is 0 Å². The maximum atomic E-state index is 12.5. The first kappa shape index (κ1) is 17.0. The molecule has 2 N–H and O–H groups in total. The Kier molecular flexibility index (Phi) is 5.05. The Hall–Kier alpha value is -2.34. The molecule has 1 atom stereocenters. The third-order valence-corrected chi connectivity index (χ3v) is 3.34. The fourth-order valence-corrected chi connectivity index (χ4v) is 2.04. The topological polar surface area (TPSA) is 49.3 Å². The summed E-state index contributed by atoms with van der Waals surface area (Å²) in [5.41, 5.74) is 1.11. The number of aliphatic hydroxyl groups is 1. The minimum absolute atomic E-state index is 0.237. The fourth-order valence-electron chi connectivity index (χ4n) is 2.04. The predicted octanol–water partition coefficient (Wildman–Crippen LogP) is 4.08. The molecule has 122 valence electrons. The van der Waals surface area contributed by atoms with E-state index < -0.39 is 23.8 Å². The van der Waals surface area contributed by atoms with Crippen molar-refractivity contribution in [3.8, 4) is 0 Å². The molecular formula is C17H16F3NO2. The van der Waals surface area contributed by atoms with Crippen molar-refractivity contribution in [2.45, 2.75) is 25.6 Å². The van der Waals surface area contributed by atoms with E-state index in [0.29, 0.717) is 5.69 Å². The Morgan fingerprint density at radius 1 is 1.09 bits per heavy atom. The summed E-state index contributed by atoms with van der Waals surface area (Å²) >= 11 is 0. The molecule has 0 radical (unpaired) electrons. The van der Waals surface area contributed by atoms with E-state index in [1.165, 1.54) is 12.1 Å². The molecule has 3 nitrogen and oxygen atoms in total. The molecule has 0 saturated carbocycles. The second-order valence-electron chi connectivity index (χ2n) is 5.25. The van der Waals surface area contributed by atoms with Crippen LogP contribution >= 0.6 is 0 Å². The number of halogens is 3. The number of hydrogen-bond acceptors (Lipinski definition) is 2. The van der Waals surface area contributed by atoms with Gasteiger partial charge in [0.2, 0.25) is 5.91 Å². The molecule has 0 aromatic heterocycles. The molecule has 0 spiro atoms. The van der Waals surface area contributed by atoms with Gasteiger partial charge in [-0.1, -0.05) is 29.8 Å². The van der Waals surface area contributed by atoms with E-state index in [-0.39, 0.29) is 12.0 Å². The number of aliphatic hydroxyl groups excluding tert-OH is 1. The molecule has 2 aromatic carbocycles. The lowest BCUT2D eigenvalue weighted by atomic mass is 10.0. The van der Waals surface area contributed by atoms with Gasteiger partial charge in [-0.2, -0.15) is 13.2 Å². The molecule has 2 aromatic rings. The van der Waals surface area contributed by atoms with Gasteiger partial charge in [0, 0.05) is 5.69 Å². The van der Waals surface area contributed by atoms with Crippen LogP contribution in [0.1, 0.15) is 29.2 Å². The van der Waals surface area contributed by atoms with Gasteiger partial charge in [0.15, 0.2) is 0 Å². The first-order chi connectivity index (χ1) is 10.8. The number of amides is 1. The van der Waals surface area contributed by atoms with Crippen molar-refractivity contribution >= 4 is 11.6 Å². The maximum absolute atomic E-state index is 12.5. The van der Waals surface area contributed by atoms with Crippen molar-refractivity contribution in [2.24, 2.45) is 0 Å². The summed E-state index contributed by atoms with van der Waals surface area (Å²) < 4.78 is 37.4. The Bertz CT molecular complexity index is 664. The van der Waals surface area contributed by atoms with Gasteiger partial charge >= 0.3 is 6.18 Å². The van der Waals surface area contributed by atoms with Gasteiger partial charge in [-0.25, -0.2) is 0 Å². The molecule has 0 heterocycles. The predicted molar refractivity (Wildman–Crippen MR) is 80.8 cm³/mol. The summed E-state index contributed by atoms with van der Waals surface area (Å²) in [4.78, 5) is 11.9. The smallest absolute Gasteiger partial charge is 0.388 e. The molecule has 23 heavy (non-hydrogen) atoms. The van der Waals surface area contributed by atoms with E-state index in [2.05, 4.69) is 5.32 Å². The number of rotatable bonds is 4. The van der Waals surface area contributed by atoms with Crippen molar-refractivity contribution in [3.63, 3.8) is 0 Å². The Morgan fingerprint density at radius 3 is 2.17 bits per heavy atom. The SMILES string of the molecule is Cc1ccc(NC(=O)CC(O)c2ccc(C(F)(F)F)cc2)cc1. The normalized spacial score (nSPS) is 12.7. The van der Waals surface area contributed by atoms with Crippen LogP contribution in [0.25, 0.3) is 0 Å². The van der Waals surface area contributed by atoms with E-state index in [0.717, 1.165) is 17.7 Å². The Balaban J connectivity index is 1.96. The molecule has 0 saturated heterocycles. The van der Waals surface area contributed by atoms with Crippen LogP contribution in [0.5, 0.6) is 0 Å². The van der Waals surface area contributed by atoms with Crippen LogP contribution in [0.2, 0.25) is 0 Å². The third kappa shape index (κ3) is 4.82. The number of benzene rings is 2. The highest BCUT2D eigenvalue weighted by Gasteiger charge is 2.30. The second-order valence-corrected chi connectivity index (χ2v) is 5.25.